The molecule has 2 aromatic rings. The standard InChI is InChI=1S/C21H22ClN3O4S/c22-19-13-16(14-23)5-10-20(19)29-15-21(26)24-17-6-8-18(9-7-17)30(27,28)25-11-3-1-2-4-12-25/h5-10,13H,1-4,11-12,15H2,(H,24,26). The lowest BCUT2D eigenvalue weighted by molar-refractivity contribution is -0.118. The van der Waals surface area contributed by atoms with Gasteiger partial charge in [-0.2, -0.15) is 9.57 Å². The summed E-state index contributed by atoms with van der Waals surface area (Å²) in [5.41, 5.74) is 0.858. The number of nitrogens with one attached hydrogen (secondary N) is 1. The molecular weight excluding hydrogens is 426 g/mol. The molecular formula is C21H22ClN3O4S. The Morgan fingerprint density at radius 3 is 2.37 bits per heavy atom. The summed E-state index contributed by atoms with van der Waals surface area (Å²) in [6.45, 7) is 0.797. The van der Waals surface area contributed by atoms with Gasteiger partial charge in [-0.1, -0.05) is 24.4 Å². The first-order valence-electron chi connectivity index (χ1n) is 9.62. The Morgan fingerprint density at radius 1 is 1.10 bits per heavy atom. The number of sulfonamides is 1. The van der Waals surface area contributed by atoms with Gasteiger partial charge in [-0.05, 0) is 55.3 Å². The van der Waals surface area contributed by atoms with Crippen LogP contribution in [0.5, 0.6) is 5.75 Å². The number of nitrogens with zero attached hydrogens (tertiary/aromatic N) is 2. The van der Waals surface area contributed by atoms with Crippen LogP contribution in [0.1, 0.15) is 31.2 Å². The van der Waals surface area contributed by atoms with E-state index in [2.05, 4.69) is 5.32 Å². The maximum absolute atomic E-state index is 12.8. The first kappa shape index (κ1) is 22.1. The number of nitriles is 1. The fraction of sp³-hybridized carbons (Fsp3) is 0.333. The van der Waals surface area contributed by atoms with E-state index in [9.17, 15) is 13.2 Å². The van der Waals surface area contributed by atoms with Gasteiger partial charge in [0.05, 0.1) is 21.6 Å². The molecule has 1 heterocycles. The van der Waals surface area contributed by atoms with E-state index in [1.54, 1.807) is 18.2 Å². The van der Waals surface area contributed by atoms with Gasteiger partial charge in [-0.25, -0.2) is 8.42 Å². The van der Waals surface area contributed by atoms with Crippen LogP contribution in [-0.4, -0.2) is 38.3 Å². The Hall–Kier alpha value is -2.60. The molecule has 1 aliphatic heterocycles. The van der Waals surface area contributed by atoms with Crippen LogP contribution >= 0.6 is 11.6 Å². The summed E-state index contributed by atoms with van der Waals surface area (Å²) >= 11 is 6.02. The van der Waals surface area contributed by atoms with E-state index in [1.807, 2.05) is 6.07 Å². The minimum Gasteiger partial charge on any atom is -0.482 e. The molecule has 0 aromatic heterocycles. The third kappa shape index (κ3) is 5.51. The van der Waals surface area contributed by atoms with E-state index >= 15 is 0 Å². The normalized spacial score (nSPS) is 15.1. The molecule has 30 heavy (non-hydrogen) atoms. The number of hydrogen-bond donors (Lipinski definition) is 1. The molecule has 158 valence electrons. The SMILES string of the molecule is N#Cc1ccc(OCC(=O)Nc2ccc(S(=O)(=O)N3CCCCCC3)cc2)c(Cl)c1. The van der Waals surface area contributed by atoms with Crippen LogP contribution in [0.15, 0.2) is 47.4 Å². The minimum atomic E-state index is -3.53. The second kappa shape index (κ2) is 9.94. The van der Waals surface area contributed by atoms with Gasteiger partial charge >= 0.3 is 0 Å². The lowest BCUT2D eigenvalue weighted by Crippen LogP contribution is -2.31. The minimum absolute atomic E-state index is 0.211. The zero-order valence-corrected chi connectivity index (χ0v) is 17.9. The van der Waals surface area contributed by atoms with Crippen LogP contribution in [-0.2, 0) is 14.8 Å². The fourth-order valence-electron chi connectivity index (χ4n) is 3.17. The zero-order chi connectivity index (χ0) is 21.6. The Balaban J connectivity index is 1.58. The van der Waals surface area contributed by atoms with Crippen molar-refractivity contribution >= 4 is 33.2 Å². The molecule has 1 N–H and O–H groups in total. The maximum atomic E-state index is 12.8. The molecule has 0 unspecified atom stereocenters. The quantitative estimate of drug-likeness (QED) is 0.726. The summed E-state index contributed by atoms with van der Waals surface area (Å²) in [7, 11) is -3.53. The van der Waals surface area contributed by atoms with Gasteiger partial charge in [-0.15, -0.1) is 0 Å². The van der Waals surface area contributed by atoms with Crippen molar-refractivity contribution in [2.24, 2.45) is 0 Å². The highest BCUT2D eigenvalue weighted by Crippen LogP contribution is 2.25. The van der Waals surface area contributed by atoms with Gasteiger partial charge in [0, 0.05) is 18.8 Å². The summed E-state index contributed by atoms with van der Waals surface area (Å²) in [5, 5.41) is 11.7. The monoisotopic (exact) mass is 447 g/mol. The van der Waals surface area contributed by atoms with Crippen molar-refractivity contribution in [3.63, 3.8) is 0 Å². The summed E-state index contributed by atoms with van der Waals surface area (Å²) in [4.78, 5) is 12.3. The zero-order valence-electron chi connectivity index (χ0n) is 16.3. The molecule has 0 atom stereocenters. The van der Waals surface area contributed by atoms with Crippen LogP contribution in [0.2, 0.25) is 5.02 Å². The summed E-state index contributed by atoms with van der Waals surface area (Å²) < 4.78 is 32.5. The second-order valence-electron chi connectivity index (χ2n) is 6.94. The molecule has 0 aliphatic carbocycles. The molecule has 1 saturated heterocycles. The van der Waals surface area contributed by atoms with Gasteiger partial charge in [0.25, 0.3) is 5.91 Å². The predicted molar refractivity (Wildman–Crippen MR) is 114 cm³/mol. The molecule has 1 aliphatic rings. The average Bonchev–Trinajstić information content (AvgIpc) is 3.03. The number of halogens is 1. The van der Waals surface area contributed by atoms with E-state index in [0.717, 1.165) is 25.7 Å². The highest BCUT2D eigenvalue weighted by atomic mass is 35.5. The number of hydrogen-bond acceptors (Lipinski definition) is 5. The van der Waals surface area contributed by atoms with Gasteiger partial charge in [0.2, 0.25) is 10.0 Å². The molecule has 3 rings (SSSR count). The molecule has 9 heteroatoms. The predicted octanol–water partition coefficient (Wildman–Crippen LogP) is 3.79. The van der Waals surface area contributed by atoms with Gasteiger partial charge in [0.1, 0.15) is 5.75 Å². The van der Waals surface area contributed by atoms with Crippen LogP contribution in [0.3, 0.4) is 0 Å². The van der Waals surface area contributed by atoms with Crippen molar-refractivity contribution in [1.82, 2.24) is 4.31 Å². The van der Waals surface area contributed by atoms with Crippen molar-refractivity contribution in [3.05, 3.63) is 53.1 Å². The fourth-order valence-corrected chi connectivity index (χ4v) is 4.92. The smallest absolute Gasteiger partial charge is 0.262 e. The number of carbonyl (C=O) groups is 1. The molecule has 1 fully saturated rings. The van der Waals surface area contributed by atoms with E-state index < -0.39 is 15.9 Å². The average molecular weight is 448 g/mol. The highest BCUT2D eigenvalue weighted by molar-refractivity contribution is 7.89. The third-order valence-electron chi connectivity index (χ3n) is 4.76. The van der Waals surface area contributed by atoms with Gasteiger partial charge in [-0.3, -0.25) is 4.79 Å². The molecule has 1 amide bonds. The van der Waals surface area contributed by atoms with Crippen LogP contribution in [0.4, 0.5) is 5.69 Å². The highest BCUT2D eigenvalue weighted by Gasteiger charge is 2.25. The molecule has 0 saturated carbocycles. The Labute approximate surface area is 181 Å². The second-order valence-corrected chi connectivity index (χ2v) is 9.28. The van der Waals surface area contributed by atoms with Crippen molar-refractivity contribution < 1.29 is 17.9 Å². The number of benzene rings is 2. The first-order chi connectivity index (χ1) is 14.4. The van der Waals surface area contributed by atoms with E-state index in [-0.39, 0.29) is 16.5 Å². The summed E-state index contributed by atoms with van der Waals surface area (Å²) in [5.74, 6) is -0.122. The Morgan fingerprint density at radius 2 is 1.77 bits per heavy atom. The molecule has 0 bridgehead atoms. The van der Waals surface area contributed by atoms with Crippen LogP contribution < -0.4 is 10.1 Å². The number of carbonyl (C=O) groups excluding carboxylic acids is 1. The molecule has 7 nitrogen and oxygen atoms in total. The summed E-state index contributed by atoms with van der Waals surface area (Å²) in [6, 6.07) is 12.6. The Kier molecular flexibility index (Phi) is 7.32. The van der Waals surface area contributed by atoms with Crippen molar-refractivity contribution in [1.29, 1.82) is 5.26 Å². The number of amides is 1. The van der Waals surface area contributed by atoms with E-state index in [1.165, 1.54) is 28.6 Å². The van der Waals surface area contributed by atoms with E-state index in [4.69, 9.17) is 21.6 Å². The van der Waals surface area contributed by atoms with Crippen LogP contribution in [0, 0.1) is 11.3 Å². The molecule has 0 radical (unpaired) electrons. The molecule has 0 spiro atoms. The van der Waals surface area contributed by atoms with Crippen molar-refractivity contribution in [3.8, 4) is 11.8 Å². The van der Waals surface area contributed by atoms with Crippen molar-refractivity contribution in [2.75, 3.05) is 25.0 Å². The lowest BCUT2D eigenvalue weighted by Gasteiger charge is -2.20. The third-order valence-corrected chi connectivity index (χ3v) is 6.97. The topological polar surface area (TPSA) is 99.5 Å². The largest absolute Gasteiger partial charge is 0.482 e. The maximum Gasteiger partial charge on any atom is 0.262 e. The van der Waals surface area contributed by atoms with Crippen molar-refractivity contribution in [2.45, 2.75) is 30.6 Å². The Bertz CT molecular complexity index is 1040. The number of rotatable bonds is 6. The van der Waals surface area contributed by atoms with E-state index in [0.29, 0.717) is 30.1 Å². The number of ether oxygens (including phenoxy) is 1. The van der Waals surface area contributed by atoms with Gasteiger partial charge < -0.3 is 10.1 Å². The molecule has 2 aromatic carbocycles. The van der Waals surface area contributed by atoms with Crippen LogP contribution in [0.25, 0.3) is 0 Å². The summed E-state index contributed by atoms with van der Waals surface area (Å²) in [6.07, 6.45) is 3.84. The lowest BCUT2D eigenvalue weighted by atomic mass is 10.2. The van der Waals surface area contributed by atoms with Gasteiger partial charge in [0.15, 0.2) is 6.61 Å². The first-order valence-corrected chi connectivity index (χ1v) is 11.4. The number of anilines is 1.